The minimum Gasteiger partial charge on any atom is -0.491 e. The van der Waals surface area contributed by atoms with Crippen LogP contribution in [0.2, 0.25) is 0 Å². The summed E-state index contributed by atoms with van der Waals surface area (Å²) in [6.45, 7) is 9.66. The van der Waals surface area contributed by atoms with Crippen LogP contribution >= 0.6 is 0 Å². The van der Waals surface area contributed by atoms with Gasteiger partial charge < -0.3 is 15.4 Å². The highest BCUT2D eigenvalue weighted by molar-refractivity contribution is 5.90. The average molecular weight is 278 g/mol. The summed E-state index contributed by atoms with van der Waals surface area (Å²) in [5, 5.41) is 5.70. The molecule has 4 heteroatoms. The molecular formula is C16H26N2O2. The van der Waals surface area contributed by atoms with Crippen LogP contribution in [0.3, 0.4) is 0 Å². The van der Waals surface area contributed by atoms with Gasteiger partial charge in [0.2, 0.25) is 0 Å². The van der Waals surface area contributed by atoms with Crippen molar-refractivity contribution >= 4 is 11.7 Å². The van der Waals surface area contributed by atoms with Gasteiger partial charge in [0.1, 0.15) is 5.75 Å². The highest BCUT2D eigenvalue weighted by Gasteiger charge is 2.08. The van der Waals surface area contributed by atoms with E-state index in [-0.39, 0.29) is 6.03 Å². The Morgan fingerprint density at radius 2 is 2.10 bits per heavy atom. The van der Waals surface area contributed by atoms with Crippen molar-refractivity contribution in [1.82, 2.24) is 5.32 Å². The molecule has 2 N–H and O–H groups in total. The number of hydrogen-bond acceptors (Lipinski definition) is 2. The molecule has 0 saturated carbocycles. The largest absolute Gasteiger partial charge is 0.491 e. The van der Waals surface area contributed by atoms with E-state index in [9.17, 15) is 4.79 Å². The standard InChI is InChI=1S/C16H26N2O2/c1-5-10-20-15-11-13(4)6-7-14(15)18-16(19)17-9-8-12(2)3/h6-7,11-12H,5,8-10H2,1-4H3,(H2,17,18,19). The van der Waals surface area contributed by atoms with Crippen LogP contribution in [0.25, 0.3) is 0 Å². The van der Waals surface area contributed by atoms with Crippen molar-refractivity contribution in [2.45, 2.75) is 40.5 Å². The van der Waals surface area contributed by atoms with Crippen molar-refractivity contribution in [1.29, 1.82) is 0 Å². The van der Waals surface area contributed by atoms with Crippen molar-refractivity contribution in [3.05, 3.63) is 23.8 Å². The van der Waals surface area contributed by atoms with Crippen molar-refractivity contribution < 1.29 is 9.53 Å². The summed E-state index contributed by atoms with van der Waals surface area (Å²) in [5.74, 6) is 1.31. The Morgan fingerprint density at radius 1 is 1.35 bits per heavy atom. The Balaban J connectivity index is 2.59. The van der Waals surface area contributed by atoms with Crippen LogP contribution in [0, 0.1) is 12.8 Å². The minimum absolute atomic E-state index is 0.184. The van der Waals surface area contributed by atoms with Gasteiger partial charge in [-0.15, -0.1) is 0 Å². The minimum atomic E-state index is -0.184. The zero-order chi connectivity index (χ0) is 15.0. The van der Waals surface area contributed by atoms with E-state index < -0.39 is 0 Å². The summed E-state index contributed by atoms with van der Waals surface area (Å²) < 4.78 is 5.67. The Morgan fingerprint density at radius 3 is 2.75 bits per heavy atom. The van der Waals surface area contributed by atoms with E-state index in [2.05, 4.69) is 31.4 Å². The Kier molecular flexibility index (Phi) is 6.91. The maximum Gasteiger partial charge on any atom is 0.319 e. The van der Waals surface area contributed by atoms with Gasteiger partial charge in [-0.3, -0.25) is 0 Å². The number of aryl methyl sites for hydroxylation is 1. The molecule has 1 aromatic carbocycles. The third kappa shape index (κ3) is 5.95. The molecule has 0 aliphatic heterocycles. The molecule has 0 aliphatic rings. The molecular weight excluding hydrogens is 252 g/mol. The molecule has 0 bridgehead atoms. The topological polar surface area (TPSA) is 50.4 Å². The number of rotatable bonds is 7. The van der Waals surface area contributed by atoms with E-state index in [1.165, 1.54) is 0 Å². The van der Waals surface area contributed by atoms with Crippen LogP contribution in [-0.4, -0.2) is 19.2 Å². The number of hydrogen-bond donors (Lipinski definition) is 2. The second-order valence-corrected chi connectivity index (χ2v) is 5.41. The van der Waals surface area contributed by atoms with Gasteiger partial charge in [0.05, 0.1) is 12.3 Å². The number of urea groups is 1. The normalized spacial score (nSPS) is 10.4. The Labute approximate surface area is 121 Å². The number of amides is 2. The Bertz CT molecular complexity index is 430. The number of benzene rings is 1. The first-order valence-electron chi connectivity index (χ1n) is 7.31. The van der Waals surface area contributed by atoms with Crippen LogP contribution in [0.5, 0.6) is 5.75 Å². The number of anilines is 1. The predicted octanol–water partition coefficient (Wildman–Crippen LogP) is 3.95. The monoisotopic (exact) mass is 278 g/mol. The molecule has 0 aliphatic carbocycles. The molecule has 1 aromatic rings. The first-order chi connectivity index (χ1) is 9.52. The van der Waals surface area contributed by atoms with E-state index in [1.807, 2.05) is 25.1 Å². The van der Waals surface area contributed by atoms with Crippen molar-refractivity contribution in [3.63, 3.8) is 0 Å². The van der Waals surface area contributed by atoms with Crippen LogP contribution < -0.4 is 15.4 Å². The van der Waals surface area contributed by atoms with E-state index in [0.717, 1.165) is 24.2 Å². The SMILES string of the molecule is CCCOc1cc(C)ccc1NC(=O)NCCC(C)C. The van der Waals surface area contributed by atoms with Gasteiger partial charge in [-0.25, -0.2) is 4.79 Å². The van der Waals surface area contributed by atoms with Gasteiger partial charge >= 0.3 is 6.03 Å². The summed E-state index contributed by atoms with van der Waals surface area (Å²) in [7, 11) is 0. The summed E-state index contributed by atoms with van der Waals surface area (Å²) in [6, 6.07) is 5.60. The lowest BCUT2D eigenvalue weighted by atomic mass is 10.1. The van der Waals surface area contributed by atoms with Gasteiger partial charge in [0.25, 0.3) is 0 Å². The first-order valence-corrected chi connectivity index (χ1v) is 7.31. The fraction of sp³-hybridized carbons (Fsp3) is 0.562. The van der Waals surface area contributed by atoms with E-state index >= 15 is 0 Å². The summed E-state index contributed by atoms with van der Waals surface area (Å²) in [6.07, 6.45) is 1.91. The van der Waals surface area contributed by atoms with Crippen molar-refractivity contribution in [3.8, 4) is 5.75 Å². The zero-order valence-corrected chi connectivity index (χ0v) is 13.0. The van der Waals surface area contributed by atoms with Gasteiger partial charge in [-0.2, -0.15) is 0 Å². The molecule has 112 valence electrons. The summed E-state index contributed by atoms with van der Waals surface area (Å²) >= 11 is 0. The summed E-state index contributed by atoms with van der Waals surface area (Å²) in [4.78, 5) is 11.8. The lowest BCUT2D eigenvalue weighted by Gasteiger charge is -2.14. The van der Waals surface area contributed by atoms with Crippen LogP contribution in [0.4, 0.5) is 10.5 Å². The molecule has 0 heterocycles. The lowest BCUT2D eigenvalue weighted by Crippen LogP contribution is -2.30. The van der Waals surface area contributed by atoms with Crippen molar-refractivity contribution in [2.24, 2.45) is 5.92 Å². The second kappa shape index (κ2) is 8.46. The predicted molar refractivity (Wildman–Crippen MR) is 83.4 cm³/mol. The molecule has 1 rings (SSSR count). The molecule has 20 heavy (non-hydrogen) atoms. The third-order valence-electron chi connectivity index (χ3n) is 2.85. The molecule has 0 radical (unpaired) electrons. The van der Waals surface area contributed by atoms with Crippen molar-refractivity contribution in [2.75, 3.05) is 18.5 Å². The first kappa shape index (κ1) is 16.3. The van der Waals surface area contributed by atoms with E-state index in [0.29, 0.717) is 24.8 Å². The fourth-order valence-corrected chi connectivity index (χ4v) is 1.71. The Hall–Kier alpha value is -1.71. The number of nitrogens with one attached hydrogen (secondary N) is 2. The van der Waals surface area contributed by atoms with Gasteiger partial charge in [0.15, 0.2) is 0 Å². The van der Waals surface area contributed by atoms with E-state index in [1.54, 1.807) is 0 Å². The molecule has 0 spiro atoms. The maximum absolute atomic E-state index is 11.8. The van der Waals surface area contributed by atoms with Crippen LogP contribution in [-0.2, 0) is 0 Å². The molecule has 0 aromatic heterocycles. The third-order valence-corrected chi connectivity index (χ3v) is 2.85. The second-order valence-electron chi connectivity index (χ2n) is 5.41. The van der Waals surface area contributed by atoms with E-state index in [4.69, 9.17) is 4.74 Å². The molecule has 0 atom stereocenters. The molecule has 4 nitrogen and oxygen atoms in total. The number of carbonyl (C=O) groups is 1. The molecule has 0 fully saturated rings. The zero-order valence-electron chi connectivity index (χ0n) is 13.0. The fourth-order valence-electron chi connectivity index (χ4n) is 1.71. The van der Waals surface area contributed by atoms with Gasteiger partial charge in [-0.05, 0) is 43.4 Å². The number of ether oxygens (including phenoxy) is 1. The maximum atomic E-state index is 11.8. The van der Waals surface area contributed by atoms with Gasteiger partial charge in [-0.1, -0.05) is 26.8 Å². The highest BCUT2D eigenvalue weighted by Crippen LogP contribution is 2.25. The average Bonchev–Trinajstić information content (AvgIpc) is 2.38. The quantitative estimate of drug-likeness (QED) is 0.793. The molecule has 2 amide bonds. The highest BCUT2D eigenvalue weighted by atomic mass is 16.5. The lowest BCUT2D eigenvalue weighted by molar-refractivity contribution is 0.251. The smallest absolute Gasteiger partial charge is 0.319 e. The molecule has 0 unspecified atom stereocenters. The number of carbonyl (C=O) groups excluding carboxylic acids is 1. The summed E-state index contributed by atoms with van der Waals surface area (Å²) in [5.41, 5.74) is 1.83. The van der Waals surface area contributed by atoms with Crippen LogP contribution in [0.1, 0.15) is 39.2 Å². The molecule has 0 saturated heterocycles. The van der Waals surface area contributed by atoms with Crippen LogP contribution in [0.15, 0.2) is 18.2 Å². The van der Waals surface area contributed by atoms with Gasteiger partial charge in [0, 0.05) is 6.54 Å².